The quantitative estimate of drug-likeness (QED) is 0.119. The molecule has 2 aromatic carbocycles. The van der Waals surface area contributed by atoms with Crippen LogP contribution in [0.25, 0.3) is 27.6 Å². The summed E-state index contributed by atoms with van der Waals surface area (Å²) < 4.78 is 179. The summed E-state index contributed by atoms with van der Waals surface area (Å²) in [6, 6.07) is 3.79. The van der Waals surface area contributed by atoms with E-state index in [1.165, 1.54) is 7.05 Å². The van der Waals surface area contributed by atoms with Crippen molar-refractivity contribution in [3.8, 4) is 11.6 Å². The van der Waals surface area contributed by atoms with Crippen molar-refractivity contribution in [3.63, 3.8) is 0 Å². The Morgan fingerprint density at radius 3 is 2.15 bits per heavy atom. The van der Waals surface area contributed by atoms with Crippen LogP contribution in [-0.4, -0.2) is 92.4 Å². The summed E-state index contributed by atoms with van der Waals surface area (Å²) in [6.07, 6.45) is -8.88. The summed E-state index contributed by atoms with van der Waals surface area (Å²) in [7, 11) is -2.59. The fraction of sp³-hybridized carbons (Fsp3) is 0.312. The van der Waals surface area contributed by atoms with Gasteiger partial charge >= 0.3 is 30.0 Å². The van der Waals surface area contributed by atoms with Gasteiger partial charge in [-0.15, -0.1) is 0 Å². The largest absolute Gasteiger partial charge is 0.471 e. The number of carbonyl (C=O) groups excluding carboxylic acids is 1. The molecular formula is C32H23ClF11N7O7S. The highest BCUT2D eigenvalue weighted by molar-refractivity contribution is 7.91. The van der Waals surface area contributed by atoms with Gasteiger partial charge in [0.05, 0.1) is 33.0 Å². The molecule has 3 aromatic heterocycles. The number of aromatic nitrogens is 5. The number of pyridine rings is 1. The SMILES string of the molecule is Cn1nc(NC(=O)CS(C)(=O)=O)c2c(Cl)ccc(-n3c([C@H](Cc4cc(F)cc(F)c4)NC(=O)O)nc4nc(OCC(F)(F)C(F)(F)C(F)(F)C(F)(F)F)ccc4c3=O)c21. The number of carbonyl (C=O) groups is 2. The molecule has 318 valence electrons. The number of anilines is 1. The number of ether oxygens (including phenoxy) is 1. The molecule has 0 aliphatic heterocycles. The number of benzene rings is 2. The standard InChI is InChI=1S/C32H23ClF11N7O7S/c1-50-23-19(5-4-17(33)22(23)25(49-50)46-20(52)11-59(2,56)57)51-26(18(45-28(54)55)9-13-7-14(34)10-15(35)8-13)48-24-16(27(51)53)3-6-21(47-24)58-12-29(36,37)30(38,39)31(40,41)32(42,43)44/h3-8,10,18,45H,9,11-12H2,1-2H3,(H,54,55)(H,46,49,52)/t18-/m0/s1. The number of nitrogens with zero attached hydrogens (tertiary/aromatic N) is 5. The molecule has 0 bridgehead atoms. The van der Waals surface area contributed by atoms with E-state index in [-0.39, 0.29) is 33.0 Å². The van der Waals surface area contributed by atoms with Crippen molar-refractivity contribution in [2.24, 2.45) is 7.05 Å². The van der Waals surface area contributed by atoms with E-state index < -0.39 is 111 Å². The third kappa shape index (κ3) is 8.81. The van der Waals surface area contributed by atoms with Crippen molar-refractivity contribution in [2.45, 2.75) is 36.4 Å². The number of rotatable bonds is 13. The van der Waals surface area contributed by atoms with Crippen LogP contribution in [0.1, 0.15) is 17.4 Å². The summed E-state index contributed by atoms with van der Waals surface area (Å²) >= 11 is 6.44. The van der Waals surface area contributed by atoms with Crippen LogP contribution in [-0.2, 0) is 28.1 Å². The monoisotopic (exact) mass is 893 g/mol. The fourth-order valence-corrected chi connectivity index (χ4v) is 6.42. The molecule has 1 atom stereocenters. The number of aryl methyl sites for hydroxylation is 1. The van der Waals surface area contributed by atoms with Crippen LogP contribution in [0.4, 0.5) is 58.9 Å². The Morgan fingerprint density at radius 1 is 0.949 bits per heavy atom. The zero-order valence-electron chi connectivity index (χ0n) is 29.3. The van der Waals surface area contributed by atoms with Gasteiger partial charge in [0.2, 0.25) is 11.8 Å². The van der Waals surface area contributed by atoms with E-state index in [0.717, 1.165) is 41.3 Å². The molecule has 0 saturated heterocycles. The Morgan fingerprint density at radius 2 is 1.58 bits per heavy atom. The second-order valence-corrected chi connectivity index (χ2v) is 15.2. The molecule has 0 fully saturated rings. The van der Waals surface area contributed by atoms with E-state index in [1.54, 1.807) is 0 Å². The molecule has 3 N–H and O–H groups in total. The summed E-state index contributed by atoms with van der Waals surface area (Å²) in [5, 5.41) is 17.3. The second kappa shape index (κ2) is 15.4. The van der Waals surface area contributed by atoms with Crippen molar-refractivity contribution in [1.29, 1.82) is 0 Å². The Kier molecular flexibility index (Phi) is 11.6. The number of hydrogen-bond acceptors (Lipinski definition) is 9. The number of halogens is 12. The van der Waals surface area contributed by atoms with Crippen LogP contribution in [0.3, 0.4) is 0 Å². The Hall–Kier alpha value is -5.79. The minimum atomic E-state index is -7.23. The number of sulfone groups is 1. The Balaban J connectivity index is 1.73. The summed E-state index contributed by atoms with van der Waals surface area (Å²) in [6.45, 7) is -2.82. The Bertz CT molecular complexity index is 2660. The van der Waals surface area contributed by atoms with Crippen molar-refractivity contribution in [3.05, 3.63) is 80.9 Å². The lowest BCUT2D eigenvalue weighted by Crippen LogP contribution is -2.62. The average molecular weight is 894 g/mol. The van der Waals surface area contributed by atoms with Gasteiger partial charge in [0.1, 0.15) is 23.2 Å². The first-order chi connectivity index (χ1) is 27.0. The lowest BCUT2D eigenvalue weighted by atomic mass is 10.0. The highest BCUT2D eigenvalue weighted by Gasteiger charge is 2.82. The molecule has 2 amide bonds. The van der Waals surface area contributed by atoms with Crippen molar-refractivity contribution in [2.75, 3.05) is 23.9 Å². The minimum Gasteiger partial charge on any atom is -0.471 e. The molecule has 0 spiro atoms. The molecule has 5 rings (SSSR count). The van der Waals surface area contributed by atoms with Gasteiger partial charge in [-0.05, 0) is 35.9 Å². The van der Waals surface area contributed by atoms with Crippen LogP contribution < -0.4 is 20.9 Å². The third-order valence-electron chi connectivity index (χ3n) is 8.12. The topological polar surface area (TPSA) is 187 Å². The lowest BCUT2D eigenvalue weighted by Gasteiger charge is -2.33. The molecule has 5 aromatic rings. The molecular weight excluding hydrogens is 871 g/mol. The van der Waals surface area contributed by atoms with E-state index >= 15 is 0 Å². The zero-order chi connectivity index (χ0) is 44.2. The molecule has 0 saturated carbocycles. The first kappa shape index (κ1) is 44.3. The van der Waals surface area contributed by atoms with Gasteiger partial charge in [-0.1, -0.05) is 11.6 Å². The number of alkyl halides is 9. The summed E-state index contributed by atoms with van der Waals surface area (Å²) in [4.78, 5) is 46.8. The van der Waals surface area contributed by atoms with Crippen molar-refractivity contribution < 1.29 is 76.1 Å². The van der Waals surface area contributed by atoms with E-state index in [0.29, 0.717) is 16.7 Å². The van der Waals surface area contributed by atoms with Crippen molar-refractivity contribution >= 4 is 61.2 Å². The Labute approximate surface area is 326 Å². The number of fused-ring (bicyclic) bond motifs is 2. The first-order valence-electron chi connectivity index (χ1n) is 15.9. The predicted molar refractivity (Wildman–Crippen MR) is 183 cm³/mol. The molecule has 14 nitrogen and oxygen atoms in total. The van der Waals surface area contributed by atoms with Gasteiger partial charge < -0.3 is 20.5 Å². The molecule has 0 aliphatic rings. The first-order valence-corrected chi connectivity index (χ1v) is 18.3. The van der Waals surface area contributed by atoms with Gasteiger partial charge in [0.25, 0.3) is 5.56 Å². The molecule has 0 radical (unpaired) electrons. The van der Waals surface area contributed by atoms with E-state index in [1.807, 2.05) is 5.32 Å². The van der Waals surface area contributed by atoms with Gasteiger partial charge in [-0.25, -0.2) is 27.0 Å². The highest BCUT2D eigenvalue weighted by atomic mass is 35.5. The van der Waals surface area contributed by atoms with E-state index in [2.05, 4.69) is 25.1 Å². The van der Waals surface area contributed by atoms with Gasteiger partial charge in [-0.2, -0.15) is 49.6 Å². The minimum absolute atomic E-state index is 0.128. The van der Waals surface area contributed by atoms with E-state index in [9.17, 15) is 76.2 Å². The normalized spacial score (nSPS) is 13.5. The third-order valence-corrected chi connectivity index (χ3v) is 9.22. The predicted octanol–water partition coefficient (Wildman–Crippen LogP) is 5.98. The van der Waals surface area contributed by atoms with Crippen LogP contribution in [0.5, 0.6) is 5.88 Å². The van der Waals surface area contributed by atoms with Gasteiger partial charge in [0.15, 0.2) is 27.9 Å². The number of nitrogens with one attached hydrogen (secondary N) is 2. The smallest absolute Gasteiger partial charge is 0.460 e. The van der Waals surface area contributed by atoms with Crippen LogP contribution in [0.15, 0.2) is 47.3 Å². The van der Waals surface area contributed by atoms with Crippen molar-refractivity contribution in [1.82, 2.24) is 29.6 Å². The maximum atomic E-state index is 14.4. The van der Waals surface area contributed by atoms with Gasteiger partial charge in [0, 0.05) is 31.9 Å². The van der Waals surface area contributed by atoms with Crippen LogP contribution >= 0.6 is 11.6 Å². The lowest BCUT2D eigenvalue weighted by molar-refractivity contribution is -0.398. The molecule has 0 aliphatic carbocycles. The maximum Gasteiger partial charge on any atom is 0.460 e. The van der Waals surface area contributed by atoms with Gasteiger partial charge in [-0.3, -0.25) is 18.8 Å². The molecule has 3 heterocycles. The molecule has 0 unspecified atom stereocenters. The zero-order valence-corrected chi connectivity index (χ0v) is 30.9. The van der Waals surface area contributed by atoms with Crippen LogP contribution in [0.2, 0.25) is 5.02 Å². The maximum absolute atomic E-state index is 14.4. The average Bonchev–Trinajstić information content (AvgIpc) is 3.41. The molecule has 27 heteroatoms. The number of carboxylic acid groups (broad SMARTS) is 1. The second-order valence-electron chi connectivity index (χ2n) is 12.6. The van der Waals surface area contributed by atoms with E-state index in [4.69, 9.17) is 11.6 Å². The fourth-order valence-electron chi connectivity index (χ4n) is 5.63. The molecule has 59 heavy (non-hydrogen) atoms. The highest BCUT2D eigenvalue weighted by Crippen LogP contribution is 2.53. The summed E-state index contributed by atoms with van der Waals surface area (Å²) in [5.74, 6) is -27.0. The number of amides is 2. The van der Waals surface area contributed by atoms with Crippen LogP contribution in [0, 0.1) is 11.6 Å². The summed E-state index contributed by atoms with van der Waals surface area (Å²) in [5.41, 5.74) is -2.72. The number of hydrogen-bond donors (Lipinski definition) is 3.